The summed E-state index contributed by atoms with van der Waals surface area (Å²) >= 11 is 0. The van der Waals surface area contributed by atoms with Gasteiger partial charge in [-0.25, -0.2) is 13.2 Å². The molecule has 2 atom stereocenters. The first-order chi connectivity index (χ1) is 15.5. The van der Waals surface area contributed by atoms with Crippen LogP contribution in [0, 0.1) is 0 Å². The van der Waals surface area contributed by atoms with Crippen LogP contribution < -0.4 is 10.6 Å². The maximum atomic E-state index is 12.5. The quantitative estimate of drug-likeness (QED) is 0.505. The molecule has 1 aliphatic carbocycles. The second-order valence-corrected chi connectivity index (χ2v) is 10.3. The Bertz CT molecular complexity index is 1120. The van der Waals surface area contributed by atoms with Gasteiger partial charge in [0.05, 0.1) is 12.2 Å². The van der Waals surface area contributed by atoms with Crippen molar-refractivity contribution in [2.75, 3.05) is 18.6 Å². The van der Waals surface area contributed by atoms with Crippen LogP contribution in [0.4, 0.5) is 4.79 Å². The van der Waals surface area contributed by atoms with Crippen LogP contribution in [0.3, 0.4) is 0 Å². The number of sulfone groups is 1. The highest BCUT2D eigenvalue weighted by Crippen LogP contribution is 2.44. The topological polar surface area (TPSA) is 139 Å². The lowest BCUT2D eigenvalue weighted by Crippen LogP contribution is -2.51. The van der Waals surface area contributed by atoms with E-state index in [4.69, 9.17) is 9.84 Å². The zero-order valence-electron chi connectivity index (χ0n) is 18.3. The number of alkyl carbamates (subject to hydrolysis) is 1. The summed E-state index contributed by atoms with van der Waals surface area (Å²) in [7, 11) is -3.35. The number of amides is 2. The Hall–Kier alpha value is -3.40. The van der Waals surface area contributed by atoms with Crippen molar-refractivity contribution >= 4 is 27.8 Å². The van der Waals surface area contributed by atoms with Gasteiger partial charge >= 0.3 is 12.1 Å². The Morgan fingerprint density at radius 1 is 1.00 bits per heavy atom. The molecule has 2 amide bonds. The Kier molecular flexibility index (Phi) is 7.37. The predicted octanol–water partition coefficient (Wildman–Crippen LogP) is 1.92. The highest BCUT2D eigenvalue weighted by atomic mass is 32.2. The van der Waals surface area contributed by atoms with Crippen molar-refractivity contribution in [3.8, 4) is 11.1 Å². The molecule has 1 aliphatic rings. The summed E-state index contributed by atoms with van der Waals surface area (Å²) in [6, 6.07) is 13.4. The van der Waals surface area contributed by atoms with E-state index < -0.39 is 46.3 Å². The number of carbonyl (C=O) groups excluding carboxylic acids is 2. The maximum absolute atomic E-state index is 12.5. The minimum absolute atomic E-state index is 0.00571. The van der Waals surface area contributed by atoms with E-state index >= 15 is 0 Å². The second kappa shape index (κ2) is 10.0. The summed E-state index contributed by atoms with van der Waals surface area (Å²) < 4.78 is 28.2. The smallest absolute Gasteiger partial charge is 0.407 e. The Morgan fingerprint density at radius 2 is 1.55 bits per heavy atom. The summed E-state index contributed by atoms with van der Waals surface area (Å²) in [6.07, 6.45) is -0.588. The minimum Gasteiger partial charge on any atom is -0.481 e. The lowest BCUT2D eigenvalue weighted by Gasteiger charge is -2.20. The van der Waals surface area contributed by atoms with Crippen LogP contribution in [-0.4, -0.2) is 62.2 Å². The molecule has 0 fully saturated rings. The standard InChI is InChI=1S/C23H26N2O7S/c1-14(13-33(2,30)31)24-22(28)20(11-21(26)27)25-23(29)32-12-19-17-9-5-3-7-15(17)16-8-4-6-10-18(16)19/h3-10,14,19-20H,11-13H2,1-2H3,(H,24,28)(H,25,29)(H,26,27). The Morgan fingerprint density at radius 3 is 2.06 bits per heavy atom. The van der Waals surface area contributed by atoms with Crippen LogP contribution in [0.15, 0.2) is 48.5 Å². The van der Waals surface area contributed by atoms with Gasteiger partial charge in [-0.15, -0.1) is 0 Å². The van der Waals surface area contributed by atoms with Gasteiger partial charge in [-0.05, 0) is 29.2 Å². The van der Waals surface area contributed by atoms with Crippen LogP contribution in [0.25, 0.3) is 11.1 Å². The zero-order valence-corrected chi connectivity index (χ0v) is 19.1. The molecule has 9 nitrogen and oxygen atoms in total. The second-order valence-electron chi connectivity index (χ2n) is 8.12. The number of benzene rings is 2. The predicted molar refractivity (Wildman–Crippen MR) is 122 cm³/mol. The summed E-state index contributed by atoms with van der Waals surface area (Å²) in [5.41, 5.74) is 4.15. The number of nitrogens with one attached hydrogen (secondary N) is 2. The number of aliphatic carboxylic acids is 1. The molecule has 3 N–H and O–H groups in total. The normalized spacial score (nSPS) is 14.5. The molecular weight excluding hydrogens is 448 g/mol. The number of fused-ring (bicyclic) bond motifs is 3. The molecule has 0 saturated heterocycles. The molecule has 33 heavy (non-hydrogen) atoms. The molecule has 0 spiro atoms. The van der Waals surface area contributed by atoms with Gasteiger partial charge < -0.3 is 20.5 Å². The number of carboxylic acid groups (broad SMARTS) is 1. The number of hydrogen-bond acceptors (Lipinski definition) is 6. The lowest BCUT2D eigenvalue weighted by molar-refractivity contribution is -0.139. The molecule has 2 unspecified atom stereocenters. The first kappa shape index (κ1) is 24.2. The minimum atomic E-state index is -3.35. The fraction of sp³-hybridized carbons (Fsp3) is 0.348. The maximum Gasteiger partial charge on any atom is 0.407 e. The first-order valence-corrected chi connectivity index (χ1v) is 12.4. The molecule has 176 valence electrons. The summed E-state index contributed by atoms with van der Waals surface area (Å²) in [5, 5.41) is 13.8. The van der Waals surface area contributed by atoms with Gasteiger partial charge in [0.2, 0.25) is 5.91 Å². The summed E-state index contributed by atoms with van der Waals surface area (Å²) in [6.45, 7) is 1.48. The van der Waals surface area contributed by atoms with Crippen LogP contribution in [0.5, 0.6) is 0 Å². The van der Waals surface area contributed by atoms with Gasteiger partial charge in [0.15, 0.2) is 0 Å². The van der Waals surface area contributed by atoms with Crippen LogP contribution >= 0.6 is 0 Å². The van der Waals surface area contributed by atoms with Gasteiger partial charge in [-0.1, -0.05) is 48.5 Å². The molecule has 3 rings (SSSR count). The number of rotatable bonds is 9. The number of carbonyl (C=O) groups is 3. The van der Waals surface area contributed by atoms with Crippen molar-refractivity contribution in [1.82, 2.24) is 10.6 Å². The number of carboxylic acids is 1. The highest BCUT2D eigenvalue weighted by molar-refractivity contribution is 7.90. The molecular formula is C23H26N2O7S. The molecule has 10 heteroatoms. The van der Waals surface area contributed by atoms with E-state index in [2.05, 4.69) is 10.6 Å². The van der Waals surface area contributed by atoms with Gasteiger partial charge in [0.25, 0.3) is 0 Å². The van der Waals surface area contributed by atoms with Crippen LogP contribution in [0.2, 0.25) is 0 Å². The van der Waals surface area contributed by atoms with Crippen molar-refractivity contribution in [2.45, 2.75) is 31.3 Å². The SMILES string of the molecule is CC(CS(C)(=O)=O)NC(=O)C(CC(=O)O)NC(=O)OCC1c2ccccc2-c2ccccc21. The van der Waals surface area contributed by atoms with E-state index in [1.807, 2.05) is 48.5 Å². The Balaban J connectivity index is 1.65. The molecule has 2 aromatic rings. The molecule has 0 aromatic heterocycles. The zero-order chi connectivity index (χ0) is 24.2. The molecule has 0 radical (unpaired) electrons. The van der Waals surface area contributed by atoms with Crippen molar-refractivity contribution < 1.29 is 32.6 Å². The van der Waals surface area contributed by atoms with Crippen LogP contribution in [-0.2, 0) is 24.2 Å². The largest absolute Gasteiger partial charge is 0.481 e. The average Bonchev–Trinajstić information content (AvgIpc) is 3.04. The summed E-state index contributed by atoms with van der Waals surface area (Å²) in [4.78, 5) is 36.1. The monoisotopic (exact) mass is 474 g/mol. The van der Waals surface area contributed by atoms with Gasteiger partial charge in [-0.3, -0.25) is 9.59 Å². The van der Waals surface area contributed by atoms with Crippen molar-refractivity contribution in [3.63, 3.8) is 0 Å². The van der Waals surface area contributed by atoms with E-state index in [1.54, 1.807) is 0 Å². The first-order valence-electron chi connectivity index (χ1n) is 10.4. The third-order valence-electron chi connectivity index (χ3n) is 5.27. The molecule has 0 saturated carbocycles. The van der Waals surface area contributed by atoms with Gasteiger partial charge in [0, 0.05) is 18.2 Å². The van der Waals surface area contributed by atoms with Crippen molar-refractivity contribution in [2.24, 2.45) is 0 Å². The third-order valence-corrected chi connectivity index (χ3v) is 6.38. The van der Waals surface area contributed by atoms with E-state index in [0.29, 0.717) is 0 Å². The van der Waals surface area contributed by atoms with E-state index in [9.17, 15) is 22.8 Å². The Labute approximate surface area is 192 Å². The number of ether oxygens (including phenoxy) is 1. The highest BCUT2D eigenvalue weighted by Gasteiger charge is 2.30. The fourth-order valence-electron chi connectivity index (χ4n) is 4.01. The summed E-state index contributed by atoms with van der Waals surface area (Å²) in [5.74, 6) is -2.61. The van der Waals surface area contributed by atoms with Crippen LogP contribution in [0.1, 0.15) is 30.4 Å². The van der Waals surface area contributed by atoms with E-state index in [1.165, 1.54) is 6.92 Å². The van der Waals surface area contributed by atoms with E-state index in [-0.39, 0.29) is 18.3 Å². The van der Waals surface area contributed by atoms with Gasteiger partial charge in [0.1, 0.15) is 22.5 Å². The molecule has 0 bridgehead atoms. The molecule has 0 heterocycles. The van der Waals surface area contributed by atoms with Gasteiger partial charge in [-0.2, -0.15) is 0 Å². The van der Waals surface area contributed by atoms with Crippen molar-refractivity contribution in [3.05, 3.63) is 59.7 Å². The fourth-order valence-corrected chi connectivity index (χ4v) is 5.00. The molecule has 2 aromatic carbocycles. The number of hydrogen-bond donors (Lipinski definition) is 3. The third kappa shape index (κ3) is 6.32. The lowest BCUT2D eigenvalue weighted by atomic mass is 9.98. The average molecular weight is 475 g/mol. The van der Waals surface area contributed by atoms with Crippen molar-refractivity contribution in [1.29, 1.82) is 0 Å². The molecule has 0 aliphatic heterocycles. The van der Waals surface area contributed by atoms with E-state index in [0.717, 1.165) is 28.5 Å².